The molecule has 0 atom stereocenters. The molecule has 3 nitrogen and oxygen atoms in total. The van der Waals surface area contributed by atoms with Crippen molar-refractivity contribution in [1.29, 1.82) is 0 Å². The zero-order valence-electron chi connectivity index (χ0n) is 10.2. The molecule has 18 heavy (non-hydrogen) atoms. The molecule has 3 heteroatoms. The zero-order chi connectivity index (χ0) is 12.5. The number of nitrogens with one attached hydrogen (secondary N) is 1. The highest BCUT2D eigenvalue weighted by atomic mass is 16.6. The van der Waals surface area contributed by atoms with Gasteiger partial charge in [-0.05, 0) is 17.7 Å². The molecular formula is C15H17NO2. The molecule has 0 unspecified atom stereocenters. The lowest BCUT2D eigenvalue weighted by molar-refractivity contribution is 0.0216. The maximum absolute atomic E-state index is 5.52. The predicted molar refractivity (Wildman–Crippen MR) is 71.2 cm³/mol. The molecular weight excluding hydrogens is 226 g/mol. The van der Waals surface area contributed by atoms with Crippen LogP contribution in [0.5, 0.6) is 5.75 Å². The number of rotatable bonds is 7. The minimum Gasteiger partial charge on any atom is -0.492 e. The quantitative estimate of drug-likeness (QED) is 0.599. The normalized spacial score (nSPS) is 10.2. The van der Waals surface area contributed by atoms with Crippen molar-refractivity contribution >= 4 is 0 Å². The fourth-order valence-electron chi connectivity index (χ4n) is 1.51. The van der Waals surface area contributed by atoms with E-state index >= 15 is 0 Å². The van der Waals surface area contributed by atoms with E-state index in [1.54, 1.807) is 0 Å². The highest BCUT2D eigenvalue weighted by molar-refractivity contribution is 5.20. The molecule has 0 spiro atoms. The van der Waals surface area contributed by atoms with Gasteiger partial charge < -0.3 is 4.74 Å². The summed E-state index contributed by atoms with van der Waals surface area (Å²) < 4.78 is 5.52. The van der Waals surface area contributed by atoms with Crippen LogP contribution in [0.1, 0.15) is 5.56 Å². The number of hydrogen-bond donors (Lipinski definition) is 1. The van der Waals surface area contributed by atoms with Crippen LogP contribution in [0.25, 0.3) is 0 Å². The van der Waals surface area contributed by atoms with E-state index in [-0.39, 0.29) is 0 Å². The van der Waals surface area contributed by atoms with Crippen molar-refractivity contribution < 1.29 is 9.57 Å². The minimum atomic E-state index is 0.562. The van der Waals surface area contributed by atoms with Gasteiger partial charge in [0.15, 0.2) is 0 Å². The fourth-order valence-corrected chi connectivity index (χ4v) is 1.51. The molecule has 0 aliphatic carbocycles. The molecule has 0 saturated carbocycles. The van der Waals surface area contributed by atoms with Crippen molar-refractivity contribution in [2.45, 2.75) is 6.61 Å². The van der Waals surface area contributed by atoms with E-state index in [1.165, 1.54) is 0 Å². The molecule has 2 aromatic carbocycles. The first-order chi connectivity index (χ1) is 8.95. The molecule has 0 fully saturated rings. The Hall–Kier alpha value is -1.84. The summed E-state index contributed by atoms with van der Waals surface area (Å²) in [6.45, 7) is 1.80. The lowest BCUT2D eigenvalue weighted by atomic mass is 10.2. The minimum absolute atomic E-state index is 0.562. The average molecular weight is 243 g/mol. The van der Waals surface area contributed by atoms with Crippen LogP contribution >= 0.6 is 0 Å². The monoisotopic (exact) mass is 243 g/mol. The number of hydrogen-bond acceptors (Lipinski definition) is 3. The summed E-state index contributed by atoms with van der Waals surface area (Å²) in [6.07, 6.45) is 0. The smallest absolute Gasteiger partial charge is 0.119 e. The van der Waals surface area contributed by atoms with Crippen molar-refractivity contribution in [3.05, 3.63) is 66.2 Å². The van der Waals surface area contributed by atoms with E-state index in [1.807, 2.05) is 60.7 Å². The van der Waals surface area contributed by atoms with Crippen LogP contribution in [-0.2, 0) is 11.4 Å². The van der Waals surface area contributed by atoms with E-state index in [4.69, 9.17) is 9.57 Å². The molecule has 0 radical (unpaired) electrons. The number of ether oxygens (including phenoxy) is 1. The van der Waals surface area contributed by atoms with Gasteiger partial charge in [-0.25, -0.2) is 0 Å². The average Bonchev–Trinajstić information content (AvgIpc) is 2.45. The van der Waals surface area contributed by atoms with Crippen molar-refractivity contribution in [2.24, 2.45) is 0 Å². The van der Waals surface area contributed by atoms with Crippen LogP contribution in [0.15, 0.2) is 60.7 Å². The second-order valence-electron chi connectivity index (χ2n) is 3.83. The first kappa shape index (κ1) is 12.6. The molecule has 2 rings (SSSR count). The van der Waals surface area contributed by atoms with Gasteiger partial charge in [-0.1, -0.05) is 48.5 Å². The molecule has 2 aromatic rings. The van der Waals surface area contributed by atoms with Gasteiger partial charge in [0.05, 0.1) is 13.2 Å². The Kier molecular flexibility index (Phi) is 5.24. The van der Waals surface area contributed by atoms with Crippen molar-refractivity contribution in [3.63, 3.8) is 0 Å². The third-order valence-electron chi connectivity index (χ3n) is 2.40. The molecule has 0 amide bonds. The van der Waals surface area contributed by atoms with Crippen LogP contribution < -0.4 is 10.2 Å². The maximum atomic E-state index is 5.52. The second kappa shape index (κ2) is 7.48. The Labute approximate surface area is 107 Å². The van der Waals surface area contributed by atoms with Crippen LogP contribution in [0.2, 0.25) is 0 Å². The summed E-state index contributed by atoms with van der Waals surface area (Å²) >= 11 is 0. The third-order valence-corrected chi connectivity index (χ3v) is 2.40. The van der Waals surface area contributed by atoms with Gasteiger partial charge in [-0.2, -0.15) is 5.48 Å². The molecule has 0 saturated heterocycles. The van der Waals surface area contributed by atoms with E-state index in [0.717, 1.165) is 11.3 Å². The molecule has 0 aliphatic heterocycles. The predicted octanol–water partition coefficient (Wildman–Crippen LogP) is 2.79. The topological polar surface area (TPSA) is 30.5 Å². The molecule has 0 bridgehead atoms. The van der Waals surface area contributed by atoms with Crippen LogP contribution in [0, 0.1) is 0 Å². The molecule has 0 aliphatic rings. The Morgan fingerprint density at radius 2 is 1.50 bits per heavy atom. The molecule has 0 heterocycles. The molecule has 94 valence electrons. The number of hydroxylamine groups is 1. The van der Waals surface area contributed by atoms with Gasteiger partial charge >= 0.3 is 0 Å². The first-order valence-electron chi connectivity index (χ1n) is 6.01. The van der Waals surface area contributed by atoms with Gasteiger partial charge in [0.2, 0.25) is 0 Å². The van der Waals surface area contributed by atoms with Gasteiger partial charge in [-0.3, -0.25) is 4.84 Å². The summed E-state index contributed by atoms with van der Waals surface area (Å²) in [5.41, 5.74) is 4.03. The first-order valence-corrected chi connectivity index (χ1v) is 6.01. The zero-order valence-corrected chi connectivity index (χ0v) is 10.2. The molecule has 1 N–H and O–H groups in total. The van der Waals surface area contributed by atoms with Gasteiger partial charge in [-0.15, -0.1) is 0 Å². The lowest BCUT2D eigenvalue weighted by Gasteiger charge is -2.07. The summed E-state index contributed by atoms with van der Waals surface area (Å²) in [4.78, 5) is 5.33. The Balaban J connectivity index is 1.54. The standard InChI is InChI=1S/C15H17NO2/c1-3-7-14(8-4-1)13-18-16-11-12-17-15-9-5-2-6-10-15/h1-10,16H,11-13H2. The summed E-state index contributed by atoms with van der Waals surface area (Å²) in [5, 5.41) is 0. The summed E-state index contributed by atoms with van der Waals surface area (Å²) in [6, 6.07) is 19.8. The highest BCUT2D eigenvalue weighted by Crippen LogP contribution is 2.07. The second-order valence-corrected chi connectivity index (χ2v) is 3.83. The third kappa shape index (κ3) is 4.57. The molecule has 0 aromatic heterocycles. The van der Waals surface area contributed by atoms with Crippen molar-refractivity contribution in [3.8, 4) is 5.75 Å². The van der Waals surface area contributed by atoms with Gasteiger partial charge in [0, 0.05) is 0 Å². The van der Waals surface area contributed by atoms with Crippen LogP contribution in [0.3, 0.4) is 0 Å². The highest BCUT2D eigenvalue weighted by Gasteiger charge is 1.93. The maximum Gasteiger partial charge on any atom is 0.119 e. The van der Waals surface area contributed by atoms with Gasteiger partial charge in [0.25, 0.3) is 0 Å². The van der Waals surface area contributed by atoms with Crippen LogP contribution in [0.4, 0.5) is 0 Å². The Morgan fingerprint density at radius 1 is 0.833 bits per heavy atom. The largest absolute Gasteiger partial charge is 0.492 e. The lowest BCUT2D eigenvalue weighted by Crippen LogP contribution is -2.21. The van der Waals surface area contributed by atoms with Crippen LogP contribution in [-0.4, -0.2) is 13.2 Å². The number of benzene rings is 2. The summed E-state index contributed by atoms with van der Waals surface area (Å²) in [5.74, 6) is 0.877. The van der Waals surface area contributed by atoms with Crippen molar-refractivity contribution in [1.82, 2.24) is 5.48 Å². The van der Waals surface area contributed by atoms with E-state index < -0.39 is 0 Å². The van der Waals surface area contributed by atoms with Gasteiger partial charge in [0.1, 0.15) is 12.4 Å². The summed E-state index contributed by atoms with van der Waals surface area (Å²) in [7, 11) is 0. The van der Waals surface area contributed by atoms with Crippen molar-refractivity contribution in [2.75, 3.05) is 13.2 Å². The number of para-hydroxylation sites is 1. The van der Waals surface area contributed by atoms with E-state index in [9.17, 15) is 0 Å². The van der Waals surface area contributed by atoms with E-state index in [2.05, 4.69) is 5.48 Å². The van der Waals surface area contributed by atoms with E-state index in [0.29, 0.717) is 19.8 Å². The Bertz CT molecular complexity index is 387. The Morgan fingerprint density at radius 3 is 2.22 bits per heavy atom. The SMILES string of the molecule is c1ccc(CONCCOc2ccccc2)cc1. The fraction of sp³-hybridized carbons (Fsp3) is 0.200.